The van der Waals surface area contributed by atoms with Crippen molar-refractivity contribution in [1.29, 1.82) is 0 Å². The lowest BCUT2D eigenvalue weighted by Gasteiger charge is -2.15. The number of hydrogen-bond acceptors (Lipinski definition) is 0. The van der Waals surface area contributed by atoms with Crippen LogP contribution in [0.3, 0.4) is 0 Å². The van der Waals surface area contributed by atoms with Crippen molar-refractivity contribution in [2.24, 2.45) is 0 Å². The summed E-state index contributed by atoms with van der Waals surface area (Å²) < 4.78 is 0. The summed E-state index contributed by atoms with van der Waals surface area (Å²) in [6, 6.07) is 71.4. The summed E-state index contributed by atoms with van der Waals surface area (Å²) in [6.07, 6.45) is 0. The molecule has 232 valence electrons. The fourth-order valence-corrected chi connectivity index (χ4v) is 7.94. The Morgan fingerprint density at radius 2 is 0.520 bits per heavy atom. The molecule has 0 saturated carbocycles. The third-order valence-corrected chi connectivity index (χ3v) is 10.4. The highest BCUT2D eigenvalue weighted by Crippen LogP contribution is 2.40. The first kappa shape index (κ1) is 28.5. The fourth-order valence-electron chi connectivity index (χ4n) is 7.94. The van der Waals surface area contributed by atoms with Gasteiger partial charge in [-0.15, -0.1) is 0 Å². The van der Waals surface area contributed by atoms with E-state index in [9.17, 15) is 0 Å². The van der Waals surface area contributed by atoms with E-state index >= 15 is 0 Å². The van der Waals surface area contributed by atoms with Gasteiger partial charge in [0.1, 0.15) is 0 Å². The second kappa shape index (κ2) is 11.6. The van der Waals surface area contributed by atoms with Gasteiger partial charge < -0.3 is 0 Å². The molecule has 0 nitrogen and oxygen atoms in total. The molecule has 0 fully saturated rings. The molecule has 0 unspecified atom stereocenters. The van der Waals surface area contributed by atoms with Gasteiger partial charge in [-0.3, -0.25) is 0 Å². The largest absolute Gasteiger partial charge is 0.0616 e. The molecule has 10 rings (SSSR count). The highest BCUT2D eigenvalue weighted by atomic mass is 14.2. The average Bonchev–Trinajstić information content (AvgIpc) is 3.19. The molecule has 10 aromatic rings. The van der Waals surface area contributed by atoms with E-state index in [2.05, 4.69) is 194 Å². The summed E-state index contributed by atoms with van der Waals surface area (Å²) in [6.45, 7) is 0. The Morgan fingerprint density at radius 3 is 0.940 bits per heavy atom. The Morgan fingerprint density at radius 1 is 0.200 bits per heavy atom. The van der Waals surface area contributed by atoms with Crippen LogP contribution in [0, 0.1) is 0 Å². The molecule has 0 heterocycles. The minimum Gasteiger partial charge on any atom is -0.0616 e. The Balaban J connectivity index is 1.05. The van der Waals surface area contributed by atoms with Crippen molar-refractivity contribution in [2.75, 3.05) is 0 Å². The van der Waals surface area contributed by atoms with Crippen LogP contribution in [0.5, 0.6) is 0 Å². The molecule has 0 bridgehead atoms. The highest BCUT2D eigenvalue weighted by molar-refractivity contribution is 6.09. The van der Waals surface area contributed by atoms with Crippen LogP contribution in [0.4, 0.5) is 0 Å². The van der Waals surface area contributed by atoms with E-state index < -0.39 is 0 Å². The van der Waals surface area contributed by atoms with Crippen LogP contribution in [-0.4, -0.2) is 0 Å². The maximum Gasteiger partial charge on any atom is -0.00268 e. The molecule has 0 aliphatic rings. The van der Waals surface area contributed by atoms with Gasteiger partial charge in [0.05, 0.1) is 0 Å². The molecular weight excluding hydrogens is 601 g/mol. The lowest BCUT2D eigenvalue weighted by atomic mass is 9.89. The summed E-state index contributed by atoms with van der Waals surface area (Å²) in [5, 5.41) is 12.6. The van der Waals surface area contributed by atoms with Crippen molar-refractivity contribution >= 4 is 53.9 Å². The number of hydrogen-bond donors (Lipinski definition) is 0. The van der Waals surface area contributed by atoms with Gasteiger partial charge in [-0.25, -0.2) is 0 Å². The van der Waals surface area contributed by atoms with Crippen LogP contribution in [0.1, 0.15) is 0 Å². The average molecular weight is 633 g/mol. The van der Waals surface area contributed by atoms with Gasteiger partial charge in [-0.1, -0.05) is 170 Å². The van der Waals surface area contributed by atoms with Gasteiger partial charge in [0.15, 0.2) is 0 Å². The lowest BCUT2D eigenvalue weighted by molar-refractivity contribution is 1.64. The van der Waals surface area contributed by atoms with Gasteiger partial charge in [-0.05, 0) is 123 Å². The molecule has 0 aliphatic heterocycles. The zero-order valence-electron chi connectivity index (χ0n) is 27.5. The van der Waals surface area contributed by atoms with Crippen LogP contribution in [-0.2, 0) is 0 Å². The van der Waals surface area contributed by atoms with E-state index in [-0.39, 0.29) is 0 Å². The van der Waals surface area contributed by atoms with Crippen molar-refractivity contribution in [2.45, 2.75) is 0 Å². The third-order valence-electron chi connectivity index (χ3n) is 10.4. The Hall–Kier alpha value is -6.50. The van der Waals surface area contributed by atoms with Crippen LogP contribution in [0.2, 0.25) is 0 Å². The molecule has 0 heteroatoms. The second-order valence-electron chi connectivity index (χ2n) is 13.3. The SMILES string of the molecule is c1ccc2c(-c3ccc4cc(-c5cccc6cccc(-c7ccc8cc(-c9cccc%10ccccc9%10)ccc8c7)c56)ccc4c3)cccc2c1. The molecule has 0 atom stereocenters. The van der Waals surface area contributed by atoms with Crippen molar-refractivity contribution in [3.8, 4) is 44.5 Å². The van der Waals surface area contributed by atoms with Crippen LogP contribution >= 0.6 is 0 Å². The van der Waals surface area contributed by atoms with Crippen molar-refractivity contribution in [3.63, 3.8) is 0 Å². The molecule has 0 amide bonds. The quantitative estimate of drug-likeness (QED) is 0.181. The van der Waals surface area contributed by atoms with Crippen LogP contribution in [0.15, 0.2) is 194 Å². The third kappa shape index (κ3) is 4.77. The molecule has 0 aliphatic carbocycles. The first-order valence-corrected chi connectivity index (χ1v) is 17.3. The monoisotopic (exact) mass is 632 g/mol. The molecule has 0 aromatic heterocycles. The fraction of sp³-hybridized carbons (Fsp3) is 0. The molecule has 0 N–H and O–H groups in total. The smallest absolute Gasteiger partial charge is 0.00268 e. The molecule has 10 aromatic carbocycles. The van der Waals surface area contributed by atoms with E-state index in [1.807, 2.05) is 0 Å². The standard InChI is InChI=1S/C50H32/c1-3-15-44-33(9-1)11-5-17-46(44)40-25-21-38-31-42(27-23-36(38)29-40)48-19-7-13-35-14-8-20-49(50(35)48)43-28-24-37-30-41(26-22-39(37)32-43)47-18-6-12-34-10-2-4-16-45(34)47/h1-32H. The van der Waals surface area contributed by atoms with Gasteiger partial charge in [0.2, 0.25) is 0 Å². The summed E-state index contributed by atoms with van der Waals surface area (Å²) >= 11 is 0. The van der Waals surface area contributed by atoms with Gasteiger partial charge >= 0.3 is 0 Å². The molecule has 0 spiro atoms. The van der Waals surface area contributed by atoms with E-state index in [1.54, 1.807) is 0 Å². The minimum atomic E-state index is 1.23. The van der Waals surface area contributed by atoms with Crippen molar-refractivity contribution in [3.05, 3.63) is 194 Å². The molecular formula is C50H32. The minimum absolute atomic E-state index is 1.23. The van der Waals surface area contributed by atoms with Gasteiger partial charge in [-0.2, -0.15) is 0 Å². The van der Waals surface area contributed by atoms with E-state index in [4.69, 9.17) is 0 Å². The van der Waals surface area contributed by atoms with Crippen molar-refractivity contribution in [1.82, 2.24) is 0 Å². The molecule has 0 radical (unpaired) electrons. The predicted octanol–water partition coefficient (Wildman–Crippen LogP) is 14.1. The van der Waals surface area contributed by atoms with E-state index in [1.165, 1.54) is 98.4 Å². The summed E-state index contributed by atoms with van der Waals surface area (Å²) in [5.41, 5.74) is 10.0. The van der Waals surface area contributed by atoms with Gasteiger partial charge in [0, 0.05) is 0 Å². The predicted molar refractivity (Wildman–Crippen MR) is 216 cm³/mol. The lowest BCUT2D eigenvalue weighted by Crippen LogP contribution is -1.88. The first-order chi connectivity index (χ1) is 24.8. The second-order valence-corrected chi connectivity index (χ2v) is 13.3. The Kier molecular flexibility index (Phi) is 6.60. The topological polar surface area (TPSA) is 0 Å². The zero-order chi connectivity index (χ0) is 33.0. The molecule has 50 heavy (non-hydrogen) atoms. The number of rotatable bonds is 4. The summed E-state index contributed by atoms with van der Waals surface area (Å²) in [4.78, 5) is 0. The number of benzene rings is 10. The maximum atomic E-state index is 2.35. The van der Waals surface area contributed by atoms with Crippen LogP contribution < -0.4 is 0 Å². The zero-order valence-corrected chi connectivity index (χ0v) is 27.5. The Bertz CT molecular complexity index is 2720. The Labute approximate surface area is 291 Å². The first-order valence-electron chi connectivity index (χ1n) is 17.3. The number of fused-ring (bicyclic) bond motifs is 5. The molecule has 0 saturated heterocycles. The van der Waals surface area contributed by atoms with Crippen molar-refractivity contribution < 1.29 is 0 Å². The highest BCUT2D eigenvalue weighted by Gasteiger charge is 2.13. The maximum absolute atomic E-state index is 2.35. The summed E-state index contributed by atoms with van der Waals surface area (Å²) in [5.74, 6) is 0. The summed E-state index contributed by atoms with van der Waals surface area (Å²) in [7, 11) is 0. The van der Waals surface area contributed by atoms with E-state index in [0.29, 0.717) is 0 Å². The normalized spacial score (nSPS) is 11.6. The van der Waals surface area contributed by atoms with Gasteiger partial charge in [0.25, 0.3) is 0 Å². The van der Waals surface area contributed by atoms with E-state index in [0.717, 1.165) is 0 Å². The van der Waals surface area contributed by atoms with Crippen LogP contribution in [0.25, 0.3) is 98.4 Å².